The molecule has 0 aromatic rings. The van der Waals surface area contributed by atoms with E-state index in [2.05, 4.69) is 6.92 Å². The van der Waals surface area contributed by atoms with Crippen LogP contribution in [0.15, 0.2) is 0 Å². The molecule has 0 amide bonds. The molecule has 0 unspecified atom stereocenters. The summed E-state index contributed by atoms with van der Waals surface area (Å²) in [5, 5.41) is 0. The summed E-state index contributed by atoms with van der Waals surface area (Å²) >= 11 is 0. The quantitative estimate of drug-likeness (QED) is 0.408. The molecule has 0 aliphatic rings. The molecule has 0 heterocycles. The summed E-state index contributed by atoms with van der Waals surface area (Å²) in [5.74, 6) is -0.611. The molecule has 20 heavy (non-hydrogen) atoms. The lowest BCUT2D eigenvalue weighted by molar-refractivity contribution is -0.147. The minimum Gasteiger partial charge on any atom is -0.466 e. The number of hydrogen-bond donors (Lipinski definition) is 0. The lowest BCUT2D eigenvalue weighted by Gasteiger charge is -2.15. The highest BCUT2D eigenvalue weighted by molar-refractivity contribution is 5.73. The van der Waals surface area contributed by atoms with Crippen LogP contribution in [0, 0.1) is 5.92 Å². The van der Waals surface area contributed by atoms with Crippen LogP contribution >= 0.6 is 0 Å². The summed E-state index contributed by atoms with van der Waals surface area (Å²) in [6.07, 6.45) is 3.27. The Hall–Kier alpha value is -1.10. The first-order chi connectivity index (χ1) is 9.63. The van der Waals surface area contributed by atoms with Crippen LogP contribution in [0.4, 0.5) is 0 Å². The van der Waals surface area contributed by atoms with Gasteiger partial charge in [0.1, 0.15) is 0 Å². The van der Waals surface area contributed by atoms with Gasteiger partial charge < -0.3 is 14.2 Å². The van der Waals surface area contributed by atoms with Crippen LogP contribution in [0.1, 0.15) is 52.9 Å². The molecule has 0 saturated heterocycles. The van der Waals surface area contributed by atoms with Crippen molar-refractivity contribution in [1.82, 2.24) is 0 Å². The Morgan fingerprint density at radius 1 is 0.900 bits per heavy atom. The summed E-state index contributed by atoms with van der Waals surface area (Å²) in [6, 6.07) is 0. The standard InChI is InChI=1S/C15H28O5/c1-4-7-9-18-10-8-13(11-14(16)19-5-2)12-15(17)20-6-3/h13H,4-12H2,1-3H3. The molecule has 0 aliphatic heterocycles. The normalized spacial score (nSPS) is 10.6. The third-order valence-electron chi connectivity index (χ3n) is 2.83. The van der Waals surface area contributed by atoms with Gasteiger partial charge in [0.15, 0.2) is 0 Å². The molecule has 0 aromatic heterocycles. The van der Waals surface area contributed by atoms with Crippen molar-refractivity contribution < 1.29 is 23.8 Å². The van der Waals surface area contributed by atoms with Crippen molar-refractivity contribution in [2.75, 3.05) is 26.4 Å². The Bertz CT molecular complexity index is 245. The molecular formula is C15H28O5. The van der Waals surface area contributed by atoms with Crippen LogP contribution in [0.25, 0.3) is 0 Å². The Morgan fingerprint density at radius 2 is 1.45 bits per heavy atom. The highest BCUT2D eigenvalue weighted by Gasteiger charge is 2.19. The molecular weight excluding hydrogens is 260 g/mol. The first kappa shape index (κ1) is 18.9. The fourth-order valence-electron chi connectivity index (χ4n) is 1.79. The zero-order chi connectivity index (χ0) is 15.2. The van der Waals surface area contributed by atoms with E-state index in [1.54, 1.807) is 13.8 Å². The van der Waals surface area contributed by atoms with Gasteiger partial charge in [-0.25, -0.2) is 0 Å². The van der Waals surface area contributed by atoms with Crippen LogP contribution in [0.2, 0.25) is 0 Å². The zero-order valence-corrected chi connectivity index (χ0v) is 13.0. The number of esters is 2. The average molecular weight is 288 g/mol. The highest BCUT2D eigenvalue weighted by atomic mass is 16.5. The van der Waals surface area contributed by atoms with Gasteiger partial charge in [-0.05, 0) is 32.6 Å². The van der Waals surface area contributed by atoms with Gasteiger partial charge in [-0.1, -0.05) is 13.3 Å². The van der Waals surface area contributed by atoms with E-state index in [0.29, 0.717) is 26.2 Å². The highest BCUT2D eigenvalue weighted by Crippen LogP contribution is 2.16. The molecule has 0 atom stereocenters. The van der Waals surface area contributed by atoms with Gasteiger partial charge in [-0.3, -0.25) is 9.59 Å². The maximum absolute atomic E-state index is 11.5. The largest absolute Gasteiger partial charge is 0.466 e. The van der Waals surface area contributed by atoms with E-state index < -0.39 is 0 Å². The van der Waals surface area contributed by atoms with Crippen molar-refractivity contribution in [3.8, 4) is 0 Å². The maximum Gasteiger partial charge on any atom is 0.306 e. The number of unbranched alkanes of at least 4 members (excludes halogenated alkanes) is 1. The van der Waals surface area contributed by atoms with Gasteiger partial charge in [-0.2, -0.15) is 0 Å². The summed E-state index contributed by atoms with van der Waals surface area (Å²) in [7, 11) is 0. The summed E-state index contributed by atoms with van der Waals surface area (Å²) in [5.41, 5.74) is 0. The van der Waals surface area contributed by atoms with E-state index in [1.165, 1.54) is 0 Å². The van der Waals surface area contributed by atoms with Crippen molar-refractivity contribution in [1.29, 1.82) is 0 Å². The van der Waals surface area contributed by atoms with Crippen molar-refractivity contribution in [2.24, 2.45) is 5.92 Å². The number of carbonyl (C=O) groups is 2. The predicted octanol–water partition coefficient (Wildman–Crippen LogP) is 2.72. The molecule has 5 heteroatoms. The van der Waals surface area contributed by atoms with E-state index in [4.69, 9.17) is 14.2 Å². The average Bonchev–Trinajstić information content (AvgIpc) is 2.38. The molecule has 0 aliphatic carbocycles. The molecule has 0 radical (unpaired) electrons. The van der Waals surface area contributed by atoms with E-state index in [0.717, 1.165) is 19.4 Å². The third-order valence-corrected chi connectivity index (χ3v) is 2.83. The van der Waals surface area contributed by atoms with Crippen molar-refractivity contribution >= 4 is 11.9 Å². The van der Waals surface area contributed by atoms with Crippen molar-refractivity contribution in [3.05, 3.63) is 0 Å². The molecule has 0 aromatic carbocycles. The van der Waals surface area contributed by atoms with Gasteiger partial charge in [0.05, 0.1) is 13.2 Å². The van der Waals surface area contributed by atoms with Crippen LogP contribution in [0.3, 0.4) is 0 Å². The fourth-order valence-corrected chi connectivity index (χ4v) is 1.79. The number of ether oxygens (including phenoxy) is 3. The second-order valence-corrected chi connectivity index (χ2v) is 4.64. The molecule has 0 bridgehead atoms. The first-order valence-electron chi connectivity index (χ1n) is 7.52. The Labute approximate surface area is 122 Å². The monoisotopic (exact) mass is 288 g/mol. The second kappa shape index (κ2) is 12.9. The van der Waals surface area contributed by atoms with Crippen molar-refractivity contribution in [3.63, 3.8) is 0 Å². The van der Waals surface area contributed by atoms with Gasteiger partial charge >= 0.3 is 11.9 Å². The van der Waals surface area contributed by atoms with Crippen LogP contribution in [0.5, 0.6) is 0 Å². The van der Waals surface area contributed by atoms with Gasteiger partial charge in [0.2, 0.25) is 0 Å². The lowest BCUT2D eigenvalue weighted by atomic mass is 9.98. The van der Waals surface area contributed by atoms with Gasteiger partial charge in [-0.15, -0.1) is 0 Å². The van der Waals surface area contributed by atoms with E-state index in [9.17, 15) is 9.59 Å². The number of rotatable bonds is 12. The lowest BCUT2D eigenvalue weighted by Crippen LogP contribution is -2.18. The topological polar surface area (TPSA) is 61.8 Å². The van der Waals surface area contributed by atoms with Crippen LogP contribution in [-0.4, -0.2) is 38.4 Å². The first-order valence-corrected chi connectivity index (χ1v) is 7.52. The SMILES string of the molecule is CCCCOCCC(CC(=O)OCC)CC(=O)OCC. The van der Waals surface area contributed by atoms with Crippen molar-refractivity contribution in [2.45, 2.75) is 52.9 Å². The van der Waals surface area contributed by atoms with Crippen LogP contribution in [-0.2, 0) is 23.8 Å². The van der Waals surface area contributed by atoms with E-state index in [-0.39, 0.29) is 30.7 Å². The Morgan fingerprint density at radius 3 is 1.90 bits per heavy atom. The van der Waals surface area contributed by atoms with Gasteiger partial charge in [0.25, 0.3) is 0 Å². The Kier molecular flexibility index (Phi) is 12.2. The molecule has 118 valence electrons. The summed E-state index contributed by atoms with van der Waals surface area (Å²) in [6.45, 7) is 7.65. The molecule has 0 N–H and O–H groups in total. The third kappa shape index (κ3) is 10.8. The minimum atomic E-state index is -0.268. The zero-order valence-electron chi connectivity index (χ0n) is 13.0. The Balaban J connectivity index is 4.10. The molecule has 0 spiro atoms. The van der Waals surface area contributed by atoms with Crippen LogP contribution < -0.4 is 0 Å². The molecule has 0 rings (SSSR count). The molecule has 0 saturated carbocycles. The molecule has 0 fully saturated rings. The van der Waals surface area contributed by atoms with E-state index in [1.807, 2.05) is 0 Å². The maximum atomic E-state index is 11.5. The minimum absolute atomic E-state index is 0.0743. The second-order valence-electron chi connectivity index (χ2n) is 4.64. The number of hydrogen-bond acceptors (Lipinski definition) is 5. The fraction of sp³-hybridized carbons (Fsp3) is 0.867. The predicted molar refractivity (Wildman–Crippen MR) is 76.3 cm³/mol. The summed E-state index contributed by atoms with van der Waals surface area (Å²) in [4.78, 5) is 23.0. The summed E-state index contributed by atoms with van der Waals surface area (Å²) < 4.78 is 15.3. The molecule has 5 nitrogen and oxygen atoms in total. The van der Waals surface area contributed by atoms with E-state index >= 15 is 0 Å². The number of carbonyl (C=O) groups excluding carboxylic acids is 2. The smallest absolute Gasteiger partial charge is 0.306 e. The van der Waals surface area contributed by atoms with Gasteiger partial charge in [0, 0.05) is 26.1 Å².